The molecule has 0 radical (unpaired) electrons. The number of carboxylic acid groups (broad SMARTS) is 1. The number of anilines is 3. The number of carbonyl (C=O) groups excluding carboxylic acids is 3. The molecule has 5 amide bonds. The van der Waals surface area contributed by atoms with Crippen LogP contribution in [0, 0.1) is 13.8 Å². The molecular formula is C27H25N5O6. The van der Waals surface area contributed by atoms with Crippen LogP contribution < -0.4 is 20.3 Å². The van der Waals surface area contributed by atoms with Crippen LogP contribution >= 0.6 is 0 Å². The Morgan fingerprint density at radius 1 is 1.08 bits per heavy atom. The third-order valence-corrected chi connectivity index (χ3v) is 6.67. The molecule has 0 saturated carbocycles. The second-order valence-electron chi connectivity index (χ2n) is 8.96. The molecule has 3 aromatic rings. The molecule has 0 bridgehead atoms. The number of aromatic nitrogens is 1. The predicted octanol–water partition coefficient (Wildman–Crippen LogP) is 4.31. The second kappa shape index (κ2) is 9.43. The first-order chi connectivity index (χ1) is 18.2. The number of urea groups is 2. The van der Waals surface area contributed by atoms with Gasteiger partial charge in [0.2, 0.25) is 0 Å². The van der Waals surface area contributed by atoms with Crippen LogP contribution in [0.15, 0.2) is 42.5 Å². The number of nitrogens with one attached hydrogen (secondary N) is 3. The lowest BCUT2D eigenvalue weighted by Crippen LogP contribution is -2.39. The van der Waals surface area contributed by atoms with Gasteiger partial charge in [-0.25, -0.2) is 19.3 Å². The molecule has 38 heavy (non-hydrogen) atoms. The number of fused-ring (bicyclic) bond motifs is 1. The fraction of sp³-hybridized carbons (Fsp3) is 0.185. The summed E-state index contributed by atoms with van der Waals surface area (Å²) in [4.78, 5) is 55.7. The van der Waals surface area contributed by atoms with Gasteiger partial charge in [0.25, 0.3) is 5.91 Å². The summed E-state index contributed by atoms with van der Waals surface area (Å²) in [7, 11) is 1.56. The topological polar surface area (TPSA) is 144 Å². The maximum atomic E-state index is 12.9. The number of amides is 5. The van der Waals surface area contributed by atoms with E-state index in [1.54, 1.807) is 69.5 Å². The predicted molar refractivity (Wildman–Crippen MR) is 142 cm³/mol. The van der Waals surface area contributed by atoms with Gasteiger partial charge >= 0.3 is 18.0 Å². The van der Waals surface area contributed by atoms with Crippen molar-refractivity contribution < 1.29 is 29.0 Å². The monoisotopic (exact) mass is 515 g/mol. The van der Waals surface area contributed by atoms with Gasteiger partial charge in [-0.15, -0.1) is 0 Å². The normalized spacial score (nSPS) is 15.6. The average molecular weight is 516 g/mol. The summed E-state index contributed by atoms with van der Waals surface area (Å²) in [5.74, 6) is -0.724. The van der Waals surface area contributed by atoms with Crippen molar-refractivity contribution in [1.82, 2.24) is 9.88 Å². The maximum Gasteiger partial charge on any atom is 0.337 e. The number of aromatic amines is 1. The van der Waals surface area contributed by atoms with E-state index < -0.39 is 18.0 Å². The number of hydrogen-bond donors (Lipinski definition) is 4. The molecule has 0 spiro atoms. The number of hydrogen-bond acceptors (Lipinski definition) is 5. The Balaban J connectivity index is 1.32. The number of benzene rings is 2. The van der Waals surface area contributed by atoms with Crippen LogP contribution in [-0.2, 0) is 4.79 Å². The smallest absolute Gasteiger partial charge is 0.337 e. The van der Waals surface area contributed by atoms with Crippen molar-refractivity contribution in [2.75, 3.05) is 35.7 Å². The van der Waals surface area contributed by atoms with Crippen molar-refractivity contribution in [2.24, 2.45) is 0 Å². The molecule has 0 unspecified atom stereocenters. The summed E-state index contributed by atoms with van der Waals surface area (Å²) >= 11 is 0. The SMILES string of the molecule is COc1ccc(N2CCN(C(=O)Nc3ccc4c(c3)NC(=O)C4=Cc3[nH]c(C)c(C(=O)O)c3C)C2=O)cc1. The standard InChI is InChI=1S/C27H25N5O6/c1-14-21(28-15(2)23(14)25(34)35)13-20-19-9-4-16(12-22(19)30-24(20)33)29-26(36)32-11-10-31(27(32)37)17-5-7-18(38-3)8-6-17/h4-9,12-13,28H,10-11H2,1-3H3,(H,29,36)(H,30,33)(H,34,35). The highest BCUT2D eigenvalue weighted by Gasteiger charge is 2.34. The molecule has 1 saturated heterocycles. The number of nitrogens with zero attached hydrogens (tertiary/aromatic N) is 2. The summed E-state index contributed by atoms with van der Waals surface area (Å²) in [6.45, 7) is 3.92. The number of carbonyl (C=O) groups is 4. The van der Waals surface area contributed by atoms with Crippen LogP contribution in [0.4, 0.5) is 26.7 Å². The van der Waals surface area contributed by atoms with Crippen molar-refractivity contribution in [1.29, 1.82) is 0 Å². The molecule has 11 nitrogen and oxygen atoms in total. The van der Waals surface area contributed by atoms with E-state index in [1.165, 1.54) is 4.90 Å². The minimum Gasteiger partial charge on any atom is -0.497 e. The molecule has 4 N–H and O–H groups in total. The third-order valence-electron chi connectivity index (χ3n) is 6.67. The molecule has 2 aromatic carbocycles. The first-order valence-corrected chi connectivity index (χ1v) is 11.8. The fourth-order valence-corrected chi connectivity index (χ4v) is 4.72. The van der Waals surface area contributed by atoms with Gasteiger partial charge in [-0.1, -0.05) is 6.07 Å². The number of rotatable bonds is 5. The Bertz CT molecular complexity index is 1520. The van der Waals surface area contributed by atoms with Gasteiger partial charge < -0.3 is 25.5 Å². The molecule has 194 valence electrons. The van der Waals surface area contributed by atoms with E-state index in [-0.39, 0.29) is 18.0 Å². The summed E-state index contributed by atoms with van der Waals surface area (Å²) in [6.07, 6.45) is 1.62. The van der Waals surface area contributed by atoms with E-state index in [0.29, 0.717) is 57.4 Å². The van der Waals surface area contributed by atoms with Crippen LogP contribution in [0.3, 0.4) is 0 Å². The largest absolute Gasteiger partial charge is 0.497 e. The summed E-state index contributed by atoms with van der Waals surface area (Å²) in [6, 6.07) is 10.9. The molecular weight excluding hydrogens is 490 g/mol. The van der Waals surface area contributed by atoms with Crippen LogP contribution in [-0.4, -0.2) is 59.1 Å². The average Bonchev–Trinajstić information content (AvgIpc) is 3.51. The Kier molecular flexibility index (Phi) is 6.11. The van der Waals surface area contributed by atoms with Gasteiger partial charge in [0, 0.05) is 34.9 Å². The van der Waals surface area contributed by atoms with E-state index in [4.69, 9.17) is 4.74 Å². The van der Waals surface area contributed by atoms with Gasteiger partial charge in [-0.3, -0.25) is 9.69 Å². The maximum absolute atomic E-state index is 12.9. The summed E-state index contributed by atoms with van der Waals surface area (Å²) in [5.41, 5.74) is 4.28. The zero-order chi connectivity index (χ0) is 27.1. The fourth-order valence-electron chi connectivity index (χ4n) is 4.72. The highest BCUT2D eigenvalue weighted by atomic mass is 16.5. The van der Waals surface area contributed by atoms with Crippen LogP contribution in [0.2, 0.25) is 0 Å². The number of aromatic carboxylic acids is 1. The van der Waals surface area contributed by atoms with E-state index in [2.05, 4.69) is 15.6 Å². The number of aryl methyl sites for hydroxylation is 1. The summed E-state index contributed by atoms with van der Waals surface area (Å²) < 4.78 is 5.15. The molecule has 2 aliphatic heterocycles. The highest BCUT2D eigenvalue weighted by molar-refractivity contribution is 6.35. The van der Waals surface area contributed by atoms with Crippen molar-refractivity contribution in [3.05, 3.63) is 70.5 Å². The number of H-pyrrole nitrogens is 1. The quantitative estimate of drug-likeness (QED) is 0.373. The van der Waals surface area contributed by atoms with Crippen molar-refractivity contribution >= 4 is 52.6 Å². The van der Waals surface area contributed by atoms with Crippen molar-refractivity contribution in [2.45, 2.75) is 13.8 Å². The van der Waals surface area contributed by atoms with Crippen molar-refractivity contribution in [3.63, 3.8) is 0 Å². The molecule has 0 aliphatic carbocycles. The van der Waals surface area contributed by atoms with Crippen molar-refractivity contribution in [3.8, 4) is 5.75 Å². The van der Waals surface area contributed by atoms with E-state index >= 15 is 0 Å². The number of carboxylic acids is 1. The Labute approximate surface area is 217 Å². The van der Waals surface area contributed by atoms with Gasteiger partial charge in [0.15, 0.2) is 0 Å². The van der Waals surface area contributed by atoms with Gasteiger partial charge in [0.05, 0.1) is 30.5 Å². The van der Waals surface area contributed by atoms with Gasteiger partial charge in [-0.05, 0) is 61.9 Å². The zero-order valence-corrected chi connectivity index (χ0v) is 20.9. The first kappa shape index (κ1) is 24.6. The van der Waals surface area contributed by atoms with Crippen LogP contribution in [0.25, 0.3) is 11.6 Å². The van der Waals surface area contributed by atoms with Gasteiger partial charge in [-0.2, -0.15) is 0 Å². The Morgan fingerprint density at radius 2 is 1.82 bits per heavy atom. The van der Waals surface area contributed by atoms with Gasteiger partial charge in [0.1, 0.15) is 5.75 Å². The lowest BCUT2D eigenvalue weighted by Gasteiger charge is -2.18. The molecule has 1 aromatic heterocycles. The highest BCUT2D eigenvalue weighted by Crippen LogP contribution is 2.36. The zero-order valence-electron chi connectivity index (χ0n) is 20.9. The minimum absolute atomic E-state index is 0.176. The first-order valence-electron chi connectivity index (χ1n) is 11.8. The molecule has 1 fully saturated rings. The molecule has 11 heteroatoms. The lowest BCUT2D eigenvalue weighted by atomic mass is 10.0. The molecule has 0 atom stereocenters. The molecule has 3 heterocycles. The molecule has 5 rings (SSSR count). The second-order valence-corrected chi connectivity index (χ2v) is 8.96. The number of methoxy groups -OCH3 is 1. The van der Waals surface area contributed by atoms with E-state index in [1.807, 2.05) is 0 Å². The lowest BCUT2D eigenvalue weighted by molar-refractivity contribution is -0.110. The minimum atomic E-state index is -1.04. The third kappa shape index (κ3) is 4.23. The summed E-state index contributed by atoms with van der Waals surface area (Å²) in [5, 5.41) is 14.9. The van der Waals surface area contributed by atoms with E-state index in [0.717, 1.165) is 4.90 Å². The van der Waals surface area contributed by atoms with Crippen LogP contribution in [0.5, 0.6) is 5.75 Å². The van der Waals surface area contributed by atoms with E-state index in [9.17, 15) is 24.3 Å². The molecule has 2 aliphatic rings. The Hall–Kier alpha value is -5.06. The Morgan fingerprint density at radius 3 is 2.47 bits per heavy atom. The van der Waals surface area contributed by atoms with Crippen LogP contribution in [0.1, 0.15) is 32.9 Å². The number of ether oxygens (including phenoxy) is 1. The number of imide groups is 1.